The van der Waals surface area contributed by atoms with Gasteiger partial charge in [-0.25, -0.2) is 0 Å². The Kier molecular flexibility index (Phi) is 2.84. The normalized spacial score (nSPS) is 30.4. The molecule has 1 rings (SSSR count). The van der Waals surface area contributed by atoms with Crippen LogP contribution in [0, 0.1) is 5.92 Å². The van der Waals surface area contributed by atoms with Gasteiger partial charge in [-0.05, 0) is 12.3 Å². The summed E-state index contributed by atoms with van der Waals surface area (Å²) in [6.45, 7) is 0.844. The average Bonchev–Trinajstić information content (AvgIpc) is 2.50. The number of nitrogens with one attached hydrogen (secondary N) is 1. The molecule has 4 nitrogen and oxygen atoms in total. The van der Waals surface area contributed by atoms with E-state index in [0.717, 1.165) is 0 Å². The molecule has 0 radical (unpaired) electrons. The third-order valence-corrected chi connectivity index (χ3v) is 1.97. The highest BCUT2D eigenvalue weighted by Gasteiger charge is 2.29. The van der Waals surface area contributed by atoms with Crippen molar-refractivity contribution in [2.45, 2.75) is 12.5 Å². The molecule has 0 aromatic carbocycles. The molecule has 0 saturated carbocycles. The van der Waals surface area contributed by atoms with E-state index < -0.39 is 0 Å². The van der Waals surface area contributed by atoms with Crippen LogP contribution in [-0.4, -0.2) is 37.4 Å². The van der Waals surface area contributed by atoms with Crippen molar-refractivity contribution >= 4 is 5.97 Å². The standard InChI is InChI=1S/C7H13NO3/c1-11-7(10)6-2-5(4-9)3-8-6/h5-6,8-9H,2-4H2,1H3/t5-,6+/m1/s1. The molecule has 0 aromatic heterocycles. The van der Waals surface area contributed by atoms with Crippen molar-refractivity contribution in [3.05, 3.63) is 0 Å². The fourth-order valence-electron chi connectivity index (χ4n) is 1.27. The summed E-state index contributed by atoms with van der Waals surface area (Å²) >= 11 is 0. The molecule has 11 heavy (non-hydrogen) atoms. The minimum Gasteiger partial charge on any atom is -0.468 e. The molecule has 0 amide bonds. The Morgan fingerprint density at radius 3 is 3.00 bits per heavy atom. The van der Waals surface area contributed by atoms with E-state index in [1.165, 1.54) is 7.11 Å². The zero-order valence-corrected chi connectivity index (χ0v) is 6.54. The molecular formula is C7H13NO3. The van der Waals surface area contributed by atoms with Crippen LogP contribution in [0.15, 0.2) is 0 Å². The molecule has 0 bridgehead atoms. The van der Waals surface area contributed by atoms with E-state index in [9.17, 15) is 4.79 Å². The van der Waals surface area contributed by atoms with Crippen LogP contribution < -0.4 is 5.32 Å². The van der Waals surface area contributed by atoms with Gasteiger partial charge in [-0.2, -0.15) is 0 Å². The van der Waals surface area contributed by atoms with Crippen molar-refractivity contribution in [1.29, 1.82) is 0 Å². The van der Waals surface area contributed by atoms with Gasteiger partial charge in [0.2, 0.25) is 0 Å². The third-order valence-electron chi connectivity index (χ3n) is 1.97. The number of hydrogen-bond acceptors (Lipinski definition) is 4. The molecule has 1 saturated heterocycles. The second kappa shape index (κ2) is 3.69. The molecule has 1 heterocycles. The lowest BCUT2D eigenvalue weighted by atomic mass is 10.1. The lowest BCUT2D eigenvalue weighted by molar-refractivity contribution is -0.142. The van der Waals surface area contributed by atoms with Gasteiger partial charge in [0.05, 0.1) is 7.11 Å². The van der Waals surface area contributed by atoms with Gasteiger partial charge in [0.1, 0.15) is 6.04 Å². The predicted octanol–water partition coefficient (Wildman–Crippen LogP) is -0.870. The van der Waals surface area contributed by atoms with Crippen molar-refractivity contribution in [2.24, 2.45) is 5.92 Å². The third kappa shape index (κ3) is 1.91. The van der Waals surface area contributed by atoms with Crippen molar-refractivity contribution in [3.63, 3.8) is 0 Å². The molecule has 0 unspecified atom stereocenters. The number of esters is 1. The summed E-state index contributed by atoms with van der Waals surface area (Å²) in [5, 5.41) is 11.7. The topological polar surface area (TPSA) is 58.6 Å². The summed E-state index contributed by atoms with van der Waals surface area (Å²) in [6, 6.07) is -0.211. The Bertz CT molecular complexity index is 149. The van der Waals surface area contributed by atoms with Crippen molar-refractivity contribution < 1.29 is 14.6 Å². The molecule has 64 valence electrons. The number of ether oxygens (including phenoxy) is 1. The van der Waals surface area contributed by atoms with Gasteiger partial charge in [0, 0.05) is 13.2 Å². The van der Waals surface area contributed by atoms with Crippen LogP contribution in [0.1, 0.15) is 6.42 Å². The Morgan fingerprint density at radius 1 is 1.82 bits per heavy atom. The summed E-state index contributed by atoms with van der Waals surface area (Å²) in [5.41, 5.74) is 0. The van der Waals surface area contributed by atoms with Gasteiger partial charge < -0.3 is 15.2 Å². The van der Waals surface area contributed by atoms with E-state index in [0.29, 0.717) is 13.0 Å². The first kappa shape index (κ1) is 8.49. The number of rotatable bonds is 2. The molecule has 1 aliphatic rings. The van der Waals surface area contributed by atoms with Crippen LogP contribution in [0.2, 0.25) is 0 Å². The van der Waals surface area contributed by atoms with Gasteiger partial charge in [-0.15, -0.1) is 0 Å². The summed E-state index contributed by atoms with van der Waals surface area (Å²) in [7, 11) is 1.37. The number of aliphatic hydroxyl groups excluding tert-OH is 1. The summed E-state index contributed by atoms with van der Waals surface area (Å²) < 4.78 is 4.54. The van der Waals surface area contributed by atoms with Crippen LogP contribution in [0.25, 0.3) is 0 Å². The summed E-state index contributed by atoms with van der Waals surface area (Å²) in [6.07, 6.45) is 0.684. The second-order valence-corrected chi connectivity index (χ2v) is 2.77. The van der Waals surface area contributed by atoms with E-state index in [4.69, 9.17) is 5.11 Å². The van der Waals surface area contributed by atoms with Gasteiger partial charge in [-0.1, -0.05) is 0 Å². The molecule has 0 aromatic rings. The molecular weight excluding hydrogens is 146 g/mol. The van der Waals surface area contributed by atoms with E-state index in [1.807, 2.05) is 0 Å². The number of hydrogen-bond donors (Lipinski definition) is 2. The summed E-state index contributed by atoms with van der Waals surface area (Å²) in [5.74, 6) is -0.0277. The zero-order chi connectivity index (χ0) is 8.27. The van der Waals surface area contributed by atoms with Gasteiger partial charge >= 0.3 is 5.97 Å². The second-order valence-electron chi connectivity index (χ2n) is 2.77. The fourth-order valence-corrected chi connectivity index (χ4v) is 1.27. The zero-order valence-electron chi connectivity index (χ0n) is 6.54. The SMILES string of the molecule is COC(=O)[C@@H]1C[C@@H](CO)CN1. The Morgan fingerprint density at radius 2 is 2.55 bits per heavy atom. The van der Waals surface area contributed by atoms with Crippen LogP contribution in [0.4, 0.5) is 0 Å². The first-order valence-corrected chi connectivity index (χ1v) is 3.70. The first-order chi connectivity index (χ1) is 5.27. The predicted molar refractivity (Wildman–Crippen MR) is 39.0 cm³/mol. The maximum atomic E-state index is 10.9. The van der Waals surface area contributed by atoms with Crippen LogP contribution in [0.5, 0.6) is 0 Å². The van der Waals surface area contributed by atoms with Crippen LogP contribution in [-0.2, 0) is 9.53 Å². The maximum absolute atomic E-state index is 10.9. The lowest BCUT2D eigenvalue weighted by Gasteiger charge is -2.05. The molecule has 0 spiro atoms. The minimum atomic E-state index is -0.235. The molecule has 2 atom stereocenters. The monoisotopic (exact) mass is 159 g/mol. The van der Waals surface area contributed by atoms with E-state index >= 15 is 0 Å². The number of aliphatic hydroxyl groups is 1. The van der Waals surface area contributed by atoms with Gasteiger partial charge in [-0.3, -0.25) is 4.79 Å². The average molecular weight is 159 g/mol. The molecule has 0 aliphatic carbocycles. The number of carbonyl (C=O) groups excluding carboxylic acids is 1. The quantitative estimate of drug-likeness (QED) is 0.514. The van der Waals surface area contributed by atoms with Gasteiger partial charge in [0.25, 0.3) is 0 Å². The maximum Gasteiger partial charge on any atom is 0.322 e. The Labute approximate surface area is 65.5 Å². The van der Waals surface area contributed by atoms with Crippen molar-refractivity contribution in [1.82, 2.24) is 5.32 Å². The number of methoxy groups -OCH3 is 1. The van der Waals surface area contributed by atoms with Crippen LogP contribution in [0.3, 0.4) is 0 Å². The fraction of sp³-hybridized carbons (Fsp3) is 0.857. The molecule has 4 heteroatoms. The van der Waals surface area contributed by atoms with E-state index in [-0.39, 0.29) is 24.5 Å². The van der Waals surface area contributed by atoms with Crippen molar-refractivity contribution in [3.8, 4) is 0 Å². The highest BCUT2D eigenvalue weighted by molar-refractivity contribution is 5.75. The lowest BCUT2D eigenvalue weighted by Crippen LogP contribution is -2.31. The molecule has 1 aliphatic heterocycles. The first-order valence-electron chi connectivity index (χ1n) is 3.70. The van der Waals surface area contributed by atoms with Crippen LogP contribution >= 0.6 is 0 Å². The smallest absolute Gasteiger partial charge is 0.322 e. The largest absolute Gasteiger partial charge is 0.468 e. The molecule has 2 N–H and O–H groups in total. The van der Waals surface area contributed by atoms with E-state index in [2.05, 4.69) is 10.1 Å². The minimum absolute atomic E-state index is 0.139. The Balaban J connectivity index is 2.35. The van der Waals surface area contributed by atoms with Crippen molar-refractivity contribution in [2.75, 3.05) is 20.3 Å². The van der Waals surface area contributed by atoms with Gasteiger partial charge in [0.15, 0.2) is 0 Å². The summed E-state index contributed by atoms with van der Waals surface area (Å²) in [4.78, 5) is 10.9. The highest BCUT2D eigenvalue weighted by atomic mass is 16.5. The van der Waals surface area contributed by atoms with E-state index in [1.54, 1.807) is 0 Å². The number of carbonyl (C=O) groups is 1. The molecule has 1 fully saturated rings. The Hall–Kier alpha value is -0.610. The highest BCUT2D eigenvalue weighted by Crippen LogP contribution is 2.13.